The van der Waals surface area contributed by atoms with Gasteiger partial charge in [0.15, 0.2) is 5.78 Å². The van der Waals surface area contributed by atoms with Crippen LogP contribution in [-0.2, 0) is 4.74 Å². The molecule has 4 nitrogen and oxygen atoms in total. The van der Waals surface area contributed by atoms with Crippen LogP contribution in [0.15, 0.2) is 18.2 Å². The zero-order chi connectivity index (χ0) is 14.8. The molecule has 0 aromatic heterocycles. The van der Waals surface area contributed by atoms with E-state index in [2.05, 4.69) is 18.7 Å². The number of rotatable bonds is 4. The van der Waals surface area contributed by atoms with E-state index in [1.54, 1.807) is 7.11 Å². The van der Waals surface area contributed by atoms with E-state index in [1.165, 1.54) is 0 Å². The lowest BCUT2D eigenvalue weighted by atomic mass is 10.0. The zero-order valence-electron chi connectivity index (χ0n) is 12.7. The molecular weight excluding hydrogens is 254 g/mol. The molecule has 0 N–H and O–H groups in total. The van der Waals surface area contributed by atoms with E-state index in [9.17, 15) is 4.79 Å². The van der Waals surface area contributed by atoms with Crippen LogP contribution in [-0.4, -0.2) is 49.6 Å². The number of hydrogen-bond donors (Lipinski definition) is 0. The number of ketones is 1. The number of nitrogens with zero attached hydrogens (tertiary/aromatic N) is 1. The van der Waals surface area contributed by atoms with Gasteiger partial charge in [-0.2, -0.15) is 0 Å². The van der Waals surface area contributed by atoms with Crippen molar-refractivity contribution in [3.63, 3.8) is 0 Å². The molecule has 0 amide bonds. The molecule has 0 spiro atoms. The molecule has 2 rings (SSSR count). The summed E-state index contributed by atoms with van der Waals surface area (Å²) in [6, 6.07) is 5.69. The van der Waals surface area contributed by atoms with Crippen LogP contribution in [0, 0.1) is 6.92 Å². The van der Waals surface area contributed by atoms with Gasteiger partial charge >= 0.3 is 0 Å². The maximum atomic E-state index is 12.5. The topological polar surface area (TPSA) is 38.8 Å². The highest BCUT2D eigenvalue weighted by Gasteiger charge is 2.28. The van der Waals surface area contributed by atoms with Gasteiger partial charge in [-0.1, -0.05) is 6.07 Å². The Morgan fingerprint density at radius 2 is 2.20 bits per heavy atom. The summed E-state index contributed by atoms with van der Waals surface area (Å²) in [7, 11) is 1.60. The van der Waals surface area contributed by atoms with E-state index in [4.69, 9.17) is 9.47 Å². The first-order valence-corrected chi connectivity index (χ1v) is 6.95. The molecule has 0 atom stereocenters. The number of ether oxygens (including phenoxy) is 2. The fraction of sp³-hybridized carbons (Fsp3) is 0.562. The highest BCUT2D eigenvalue weighted by atomic mass is 16.5. The lowest BCUT2D eigenvalue weighted by Crippen LogP contribution is -2.49. The first-order valence-electron chi connectivity index (χ1n) is 6.95. The number of carbonyl (C=O) groups is 1. The van der Waals surface area contributed by atoms with Crippen LogP contribution in [0.5, 0.6) is 5.75 Å². The second kappa shape index (κ2) is 5.94. The Bertz CT molecular complexity index is 496. The fourth-order valence-electron chi connectivity index (χ4n) is 2.57. The summed E-state index contributed by atoms with van der Waals surface area (Å²) in [5, 5.41) is 0. The first-order chi connectivity index (χ1) is 9.41. The van der Waals surface area contributed by atoms with Crippen molar-refractivity contribution in [3.8, 4) is 5.75 Å². The fourth-order valence-corrected chi connectivity index (χ4v) is 2.57. The molecule has 4 heteroatoms. The van der Waals surface area contributed by atoms with E-state index in [-0.39, 0.29) is 11.4 Å². The number of hydrogen-bond acceptors (Lipinski definition) is 4. The number of Topliss-reactive ketones (excluding diaryl/α,β-unsaturated/α-hetero) is 1. The van der Waals surface area contributed by atoms with Crippen LogP contribution < -0.4 is 4.74 Å². The smallest absolute Gasteiger partial charge is 0.180 e. The highest BCUT2D eigenvalue weighted by molar-refractivity contribution is 6.00. The minimum Gasteiger partial charge on any atom is -0.496 e. The minimum absolute atomic E-state index is 0.0968. The van der Waals surface area contributed by atoms with E-state index in [1.807, 2.05) is 25.1 Å². The summed E-state index contributed by atoms with van der Waals surface area (Å²) in [5.41, 5.74) is 1.56. The third-order valence-corrected chi connectivity index (χ3v) is 3.53. The van der Waals surface area contributed by atoms with Crippen LogP contribution in [0.1, 0.15) is 29.8 Å². The predicted octanol–water partition coefficient (Wildman–Crippen LogP) is 2.30. The van der Waals surface area contributed by atoms with Crippen LogP contribution in [0.3, 0.4) is 0 Å². The van der Waals surface area contributed by atoms with Crippen molar-refractivity contribution in [2.75, 3.05) is 33.4 Å². The molecular formula is C16H23NO3. The number of carbonyl (C=O) groups excluding carboxylic acids is 1. The molecule has 1 heterocycles. The van der Waals surface area contributed by atoms with E-state index in [0.717, 1.165) is 18.7 Å². The lowest BCUT2D eigenvalue weighted by molar-refractivity contribution is -0.0833. The molecule has 1 saturated heterocycles. The molecule has 0 saturated carbocycles. The van der Waals surface area contributed by atoms with Crippen molar-refractivity contribution < 1.29 is 14.3 Å². The predicted molar refractivity (Wildman–Crippen MR) is 78.5 cm³/mol. The van der Waals surface area contributed by atoms with Gasteiger partial charge in [0.05, 0.1) is 31.4 Å². The summed E-state index contributed by atoms with van der Waals surface area (Å²) in [4.78, 5) is 14.6. The maximum Gasteiger partial charge on any atom is 0.180 e. The average molecular weight is 277 g/mol. The van der Waals surface area contributed by atoms with Crippen molar-refractivity contribution in [1.82, 2.24) is 4.90 Å². The highest BCUT2D eigenvalue weighted by Crippen LogP contribution is 2.22. The Morgan fingerprint density at radius 1 is 1.45 bits per heavy atom. The van der Waals surface area contributed by atoms with Crippen LogP contribution in [0.4, 0.5) is 0 Å². The van der Waals surface area contributed by atoms with E-state index in [0.29, 0.717) is 24.5 Å². The van der Waals surface area contributed by atoms with Crippen LogP contribution >= 0.6 is 0 Å². The van der Waals surface area contributed by atoms with Gasteiger partial charge in [-0.15, -0.1) is 0 Å². The van der Waals surface area contributed by atoms with Crippen molar-refractivity contribution in [2.24, 2.45) is 0 Å². The molecule has 0 unspecified atom stereocenters. The molecule has 20 heavy (non-hydrogen) atoms. The van der Waals surface area contributed by atoms with Crippen molar-refractivity contribution in [3.05, 3.63) is 29.3 Å². The molecule has 0 bridgehead atoms. The molecule has 0 aliphatic carbocycles. The SMILES string of the molecule is COc1cc(C)ccc1C(=O)CN1CCOC(C)(C)C1. The Morgan fingerprint density at radius 3 is 2.85 bits per heavy atom. The summed E-state index contributed by atoms with van der Waals surface area (Å²) < 4.78 is 11.0. The van der Waals surface area contributed by atoms with Gasteiger partial charge in [0.2, 0.25) is 0 Å². The third kappa shape index (κ3) is 3.58. The molecule has 1 aromatic carbocycles. The molecule has 1 aliphatic rings. The standard InChI is InChI=1S/C16H23NO3/c1-12-5-6-13(15(9-12)19-4)14(18)10-17-7-8-20-16(2,3)11-17/h5-6,9H,7-8,10-11H2,1-4H3. The van der Waals surface area contributed by atoms with Crippen molar-refractivity contribution in [1.29, 1.82) is 0 Å². The molecule has 110 valence electrons. The van der Waals surface area contributed by atoms with Crippen molar-refractivity contribution >= 4 is 5.78 Å². The molecule has 1 aromatic rings. The molecule has 0 radical (unpaired) electrons. The Balaban J connectivity index is 2.08. The Labute approximate surface area is 120 Å². The molecule has 1 fully saturated rings. The van der Waals surface area contributed by atoms with Gasteiger partial charge in [-0.3, -0.25) is 9.69 Å². The molecule has 1 aliphatic heterocycles. The maximum absolute atomic E-state index is 12.5. The van der Waals surface area contributed by atoms with Crippen LogP contribution in [0.2, 0.25) is 0 Å². The second-order valence-corrected chi connectivity index (χ2v) is 5.95. The zero-order valence-corrected chi connectivity index (χ0v) is 12.7. The summed E-state index contributed by atoms with van der Waals surface area (Å²) in [5.74, 6) is 0.752. The average Bonchev–Trinajstić information content (AvgIpc) is 2.37. The quantitative estimate of drug-likeness (QED) is 0.792. The van der Waals surface area contributed by atoms with Crippen molar-refractivity contribution in [2.45, 2.75) is 26.4 Å². The van der Waals surface area contributed by atoms with E-state index < -0.39 is 0 Å². The second-order valence-electron chi connectivity index (χ2n) is 5.95. The number of benzene rings is 1. The summed E-state index contributed by atoms with van der Waals surface area (Å²) in [6.45, 7) is 8.74. The van der Waals surface area contributed by atoms with Gasteiger partial charge in [0, 0.05) is 13.1 Å². The Kier molecular flexibility index (Phi) is 4.45. The normalized spacial score (nSPS) is 18.8. The van der Waals surface area contributed by atoms with Crippen LogP contribution in [0.25, 0.3) is 0 Å². The van der Waals surface area contributed by atoms with Gasteiger partial charge in [-0.25, -0.2) is 0 Å². The summed E-state index contributed by atoms with van der Waals surface area (Å²) >= 11 is 0. The monoisotopic (exact) mass is 277 g/mol. The number of methoxy groups -OCH3 is 1. The van der Waals surface area contributed by atoms with E-state index >= 15 is 0 Å². The van der Waals surface area contributed by atoms with Gasteiger partial charge in [0.25, 0.3) is 0 Å². The van der Waals surface area contributed by atoms with Gasteiger partial charge in [-0.05, 0) is 38.5 Å². The van der Waals surface area contributed by atoms with Gasteiger partial charge in [0.1, 0.15) is 5.75 Å². The number of aryl methyl sites for hydroxylation is 1. The largest absolute Gasteiger partial charge is 0.496 e. The Hall–Kier alpha value is -1.39. The summed E-state index contributed by atoms with van der Waals surface area (Å²) in [6.07, 6.45) is 0. The first kappa shape index (κ1) is 15.0. The van der Waals surface area contributed by atoms with Gasteiger partial charge < -0.3 is 9.47 Å². The lowest BCUT2D eigenvalue weighted by Gasteiger charge is -2.37. The third-order valence-electron chi connectivity index (χ3n) is 3.53. The number of morpholine rings is 1. The minimum atomic E-state index is -0.185.